The molecule has 21 heavy (non-hydrogen) atoms. The van der Waals surface area contributed by atoms with Crippen LogP contribution in [-0.4, -0.2) is 24.0 Å². The summed E-state index contributed by atoms with van der Waals surface area (Å²) in [5.41, 5.74) is 2.59. The molecule has 3 heteroatoms. The minimum atomic E-state index is 0.291. The van der Waals surface area contributed by atoms with Crippen molar-refractivity contribution in [1.29, 1.82) is 0 Å². The first-order chi connectivity index (χ1) is 10.3. The normalized spacial score (nSPS) is 20.4. The van der Waals surface area contributed by atoms with Crippen LogP contribution in [0.15, 0.2) is 30.4 Å². The fourth-order valence-corrected chi connectivity index (χ4v) is 3.22. The SMILES string of the molecule is CCOc1ccc2c(c1)CN(C(=O)C[C@@H]1C=CCC1)CC2. The van der Waals surface area contributed by atoms with Crippen molar-refractivity contribution < 1.29 is 9.53 Å². The standard InChI is InChI=1S/C18H23NO2/c1-2-21-17-8-7-15-9-10-19(13-16(15)12-17)18(20)11-14-5-3-4-6-14/h3,5,7-8,12,14H,2,4,6,9-11,13H2,1H3/t14-/m1/s1. The Morgan fingerprint density at radius 3 is 3.05 bits per heavy atom. The van der Waals surface area contributed by atoms with E-state index in [9.17, 15) is 4.79 Å². The maximum absolute atomic E-state index is 12.4. The van der Waals surface area contributed by atoms with Crippen molar-refractivity contribution in [3.05, 3.63) is 41.5 Å². The molecule has 0 aromatic heterocycles. The van der Waals surface area contributed by atoms with E-state index in [2.05, 4.69) is 24.3 Å². The van der Waals surface area contributed by atoms with Crippen LogP contribution in [0.3, 0.4) is 0 Å². The molecular formula is C18H23NO2. The number of rotatable bonds is 4. The van der Waals surface area contributed by atoms with Crippen molar-refractivity contribution in [2.75, 3.05) is 13.2 Å². The number of fused-ring (bicyclic) bond motifs is 1. The van der Waals surface area contributed by atoms with Gasteiger partial charge in [-0.1, -0.05) is 18.2 Å². The van der Waals surface area contributed by atoms with Crippen molar-refractivity contribution in [3.63, 3.8) is 0 Å². The molecule has 1 amide bonds. The molecule has 1 aromatic carbocycles. The Labute approximate surface area is 126 Å². The lowest BCUT2D eigenvalue weighted by atomic mass is 9.98. The van der Waals surface area contributed by atoms with Crippen molar-refractivity contribution >= 4 is 5.91 Å². The molecule has 2 aliphatic rings. The molecule has 0 bridgehead atoms. The van der Waals surface area contributed by atoms with Gasteiger partial charge in [-0.25, -0.2) is 0 Å². The zero-order chi connectivity index (χ0) is 14.7. The van der Waals surface area contributed by atoms with Gasteiger partial charge < -0.3 is 9.64 Å². The number of nitrogens with zero attached hydrogens (tertiary/aromatic N) is 1. The lowest BCUT2D eigenvalue weighted by molar-refractivity contribution is -0.132. The van der Waals surface area contributed by atoms with E-state index < -0.39 is 0 Å². The molecule has 112 valence electrons. The van der Waals surface area contributed by atoms with Gasteiger partial charge in [0.15, 0.2) is 0 Å². The molecule has 0 spiro atoms. The zero-order valence-corrected chi connectivity index (χ0v) is 12.7. The largest absolute Gasteiger partial charge is 0.494 e. The maximum atomic E-state index is 12.4. The molecular weight excluding hydrogens is 262 g/mol. The Morgan fingerprint density at radius 1 is 1.38 bits per heavy atom. The second-order valence-electron chi connectivity index (χ2n) is 5.90. The number of amides is 1. The minimum Gasteiger partial charge on any atom is -0.494 e. The first kappa shape index (κ1) is 14.2. The van der Waals surface area contributed by atoms with E-state index in [-0.39, 0.29) is 0 Å². The van der Waals surface area contributed by atoms with Gasteiger partial charge in [-0.3, -0.25) is 4.79 Å². The highest BCUT2D eigenvalue weighted by molar-refractivity contribution is 5.77. The summed E-state index contributed by atoms with van der Waals surface area (Å²) in [4.78, 5) is 14.4. The van der Waals surface area contributed by atoms with Crippen LogP contribution in [0.25, 0.3) is 0 Å². The molecule has 0 saturated heterocycles. The van der Waals surface area contributed by atoms with Crippen molar-refractivity contribution in [3.8, 4) is 5.75 Å². The van der Waals surface area contributed by atoms with E-state index >= 15 is 0 Å². The summed E-state index contributed by atoms with van der Waals surface area (Å²) >= 11 is 0. The Hall–Kier alpha value is -1.77. The lowest BCUT2D eigenvalue weighted by Crippen LogP contribution is -2.36. The molecule has 1 aliphatic carbocycles. The van der Waals surface area contributed by atoms with Crippen LogP contribution in [0, 0.1) is 5.92 Å². The van der Waals surface area contributed by atoms with Crippen LogP contribution in [0.5, 0.6) is 5.75 Å². The average Bonchev–Trinajstić information content (AvgIpc) is 3.00. The summed E-state index contributed by atoms with van der Waals surface area (Å²) in [6.07, 6.45) is 8.26. The molecule has 0 fully saturated rings. The Balaban J connectivity index is 1.66. The lowest BCUT2D eigenvalue weighted by Gasteiger charge is -2.30. The van der Waals surface area contributed by atoms with Gasteiger partial charge in [0, 0.05) is 19.5 Å². The summed E-state index contributed by atoms with van der Waals surface area (Å²) in [5, 5.41) is 0. The third-order valence-corrected chi connectivity index (χ3v) is 4.40. The predicted octanol–water partition coefficient (Wildman–Crippen LogP) is 3.33. The molecule has 1 aliphatic heterocycles. The minimum absolute atomic E-state index is 0.291. The molecule has 1 aromatic rings. The second-order valence-corrected chi connectivity index (χ2v) is 5.90. The van der Waals surface area contributed by atoms with Crippen LogP contribution < -0.4 is 4.74 Å². The smallest absolute Gasteiger partial charge is 0.223 e. The Morgan fingerprint density at radius 2 is 2.29 bits per heavy atom. The highest BCUT2D eigenvalue weighted by atomic mass is 16.5. The van der Waals surface area contributed by atoms with Gasteiger partial charge in [-0.05, 0) is 55.4 Å². The highest BCUT2D eigenvalue weighted by Crippen LogP contribution is 2.26. The topological polar surface area (TPSA) is 29.5 Å². The molecule has 0 radical (unpaired) electrons. The van der Waals surface area contributed by atoms with Crippen LogP contribution in [-0.2, 0) is 17.8 Å². The monoisotopic (exact) mass is 285 g/mol. The van der Waals surface area contributed by atoms with Gasteiger partial charge in [0.1, 0.15) is 5.75 Å². The average molecular weight is 285 g/mol. The van der Waals surface area contributed by atoms with E-state index in [1.165, 1.54) is 11.1 Å². The number of carbonyl (C=O) groups excluding carboxylic acids is 1. The summed E-state index contributed by atoms with van der Waals surface area (Å²) in [7, 11) is 0. The summed E-state index contributed by atoms with van der Waals surface area (Å²) < 4.78 is 5.56. The van der Waals surface area contributed by atoms with Crippen LogP contribution >= 0.6 is 0 Å². The third kappa shape index (κ3) is 3.29. The first-order valence-corrected chi connectivity index (χ1v) is 7.95. The molecule has 1 atom stereocenters. The molecule has 3 nitrogen and oxygen atoms in total. The number of hydrogen-bond donors (Lipinski definition) is 0. The fourth-order valence-electron chi connectivity index (χ4n) is 3.22. The van der Waals surface area contributed by atoms with Crippen molar-refractivity contribution in [2.45, 2.75) is 39.2 Å². The van der Waals surface area contributed by atoms with E-state index in [0.717, 1.165) is 38.1 Å². The first-order valence-electron chi connectivity index (χ1n) is 7.95. The number of hydrogen-bond acceptors (Lipinski definition) is 2. The predicted molar refractivity (Wildman–Crippen MR) is 83.2 cm³/mol. The second kappa shape index (κ2) is 6.33. The fraction of sp³-hybridized carbons (Fsp3) is 0.500. The number of ether oxygens (including phenoxy) is 1. The summed E-state index contributed by atoms with van der Waals surface area (Å²) in [5.74, 6) is 1.65. The van der Waals surface area contributed by atoms with Gasteiger partial charge in [0.2, 0.25) is 5.91 Å². The summed E-state index contributed by atoms with van der Waals surface area (Å²) in [6.45, 7) is 4.24. The van der Waals surface area contributed by atoms with Crippen LogP contribution in [0.2, 0.25) is 0 Å². The van der Waals surface area contributed by atoms with E-state index in [1.807, 2.05) is 17.9 Å². The molecule has 3 rings (SSSR count). The molecule has 0 unspecified atom stereocenters. The van der Waals surface area contributed by atoms with Gasteiger partial charge >= 0.3 is 0 Å². The zero-order valence-electron chi connectivity index (χ0n) is 12.7. The summed E-state index contributed by atoms with van der Waals surface area (Å²) in [6, 6.07) is 6.26. The maximum Gasteiger partial charge on any atom is 0.223 e. The number of benzene rings is 1. The molecule has 0 saturated carbocycles. The van der Waals surface area contributed by atoms with Crippen molar-refractivity contribution in [2.24, 2.45) is 5.92 Å². The molecule has 1 heterocycles. The van der Waals surface area contributed by atoms with E-state index in [0.29, 0.717) is 24.9 Å². The molecule has 0 N–H and O–H groups in total. The number of allylic oxidation sites excluding steroid dienone is 2. The van der Waals surface area contributed by atoms with E-state index in [1.54, 1.807) is 0 Å². The van der Waals surface area contributed by atoms with Crippen LogP contribution in [0.4, 0.5) is 0 Å². The van der Waals surface area contributed by atoms with Gasteiger partial charge in [0.05, 0.1) is 6.61 Å². The van der Waals surface area contributed by atoms with Gasteiger partial charge in [0.25, 0.3) is 0 Å². The Kier molecular flexibility index (Phi) is 4.28. The van der Waals surface area contributed by atoms with E-state index in [4.69, 9.17) is 4.74 Å². The third-order valence-electron chi connectivity index (χ3n) is 4.40. The van der Waals surface area contributed by atoms with Crippen LogP contribution in [0.1, 0.15) is 37.3 Å². The van der Waals surface area contributed by atoms with Gasteiger partial charge in [-0.15, -0.1) is 0 Å². The highest BCUT2D eigenvalue weighted by Gasteiger charge is 2.23. The Bertz CT molecular complexity index is 550. The number of carbonyl (C=O) groups is 1. The van der Waals surface area contributed by atoms with Crippen molar-refractivity contribution in [1.82, 2.24) is 4.90 Å². The van der Waals surface area contributed by atoms with Gasteiger partial charge in [-0.2, -0.15) is 0 Å². The quantitative estimate of drug-likeness (QED) is 0.794.